The fourth-order valence-electron chi connectivity index (χ4n) is 4.30. The zero-order valence-electron chi connectivity index (χ0n) is 16.1. The molecule has 1 N–H and O–H groups in total. The van der Waals surface area contributed by atoms with Crippen LogP contribution in [0.25, 0.3) is 5.69 Å². The van der Waals surface area contributed by atoms with Crippen LogP contribution in [0.5, 0.6) is 0 Å². The van der Waals surface area contributed by atoms with Gasteiger partial charge in [0.25, 0.3) is 0 Å². The second-order valence-corrected chi connectivity index (χ2v) is 7.56. The molecule has 8 nitrogen and oxygen atoms in total. The van der Waals surface area contributed by atoms with Gasteiger partial charge in [-0.2, -0.15) is 0 Å². The molecular formula is C19H25FN6O2. The van der Waals surface area contributed by atoms with Crippen molar-refractivity contribution < 1.29 is 13.9 Å². The third kappa shape index (κ3) is 3.18. The van der Waals surface area contributed by atoms with Gasteiger partial charge in [-0.3, -0.25) is 4.57 Å². The third-order valence-electron chi connectivity index (χ3n) is 5.82. The maximum Gasteiger partial charge on any atom is 0.410 e. The lowest BCUT2D eigenvalue weighted by Gasteiger charge is -2.34. The van der Waals surface area contributed by atoms with Gasteiger partial charge in [-0.15, -0.1) is 10.2 Å². The number of halogens is 1. The summed E-state index contributed by atoms with van der Waals surface area (Å²) < 4.78 is 20.7. The van der Waals surface area contributed by atoms with Crippen LogP contribution >= 0.6 is 0 Å². The first-order chi connectivity index (χ1) is 13.5. The van der Waals surface area contributed by atoms with E-state index in [9.17, 15) is 9.18 Å². The van der Waals surface area contributed by atoms with Crippen molar-refractivity contribution in [2.75, 3.05) is 13.1 Å². The topological polar surface area (TPSA) is 88.4 Å². The molecule has 1 saturated carbocycles. The molecule has 0 radical (unpaired) electrons. The Labute approximate surface area is 162 Å². The van der Waals surface area contributed by atoms with Gasteiger partial charge >= 0.3 is 6.09 Å². The standard InChI is InChI=1S/C19H25FN6O2/c1-4-12-7-14(28-19(27)25-9-13(20)10-25)8-15(12)18-24-23-11(2)26(18)16-5-6-22-17(16)21-3/h5-6,12-15,22H,3-4,7-10H2,1-2H3/t12-,14+,15+/m1/s1. The average molecular weight is 388 g/mol. The summed E-state index contributed by atoms with van der Waals surface area (Å²) in [5, 5.41) is 8.74. The molecule has 2 aromatic rings. The van der Waals surface area contributed by atoms with Crippen LogP contribution in [0.1, 0.15) is 43.8 Å². The van der Waals surface area contributed by atoms with E-state index in [1.807, 2.05) is 23.8 Å². The Morgan fingerprint density at radius 1 is 1.43 bits per heavy atom. The fourth-order valence-corrected chi connectivity index (χ4v) is 4.30. The summed E-state index contributed by atoms with van der Waals surface area (Å²) in [6.07, 6.45) is 2.65. The van der Waals surface area contributed by atoms with Crippen molar-refractivity contribution in [3.63, 3.8) is 0 Å². The molecule has 0 unspecified atom stereocenters. The minimum atomic E-state index is -0.928. The molecule has 28 heavy (non-hydrogen) atoms. The molecule has 3 heterocycles. The minimum absolute atomic E-state index is 0.113. The number of hydrogen-bond acceptors (Lipinski definition) is 5. The van der Waals surface area contributed by atoms with Crippen LogP contribution in [0.2, 0.25) is 0 Å². The number of aromatic nitrogens is 4. The number of aromatic amines is 1. The van der Waals surface area contributed by atoms with Gasteiger partial charge in [0.05, 0.1) is 18.8 Å². The van der Waals surface area contributed by atoms with Gasteiger partial charge in [-0.05, 0) is 38.5 Å². The molecule has 0 spiro atoms. The van der Waals surface area contributed by atoms with E-state index in [2.05, 4.69) is 33.8 Å². The number of H-pyrrole nitrogens is 1. The lowest BCUT2D eigenvalue weighted by molar-refractivity contribution is 0.0172. The third-order valence-corrected chi connectivity index (χ3v) is 5.82. The molecule has 2 fully saturated rings. The largest absolute Gasteiger partial charge is 0.446 e. The number of likely N-dealkylation sites (tertiary alicyclic amines) is 1. The molecule has 1 saturated heterocycles. The van der Waals surface area contributed by atoms with Gasteiger partial charge < -0.3 is 14.6 Å². The van der Waals surface area contributed by atoms with Crippen molar-refractivity contribution in [2.24, 2.45) is 10.9 Å². The van der Waals surface area contributed by atoms with Gasteiger partial charge in [-0.1, -0.05) is 13.3 Å². The van der Waals surface area contributed by atoms with Crippen LogP contribution in [0, 0.1) is 12.8 Å². The van der Waals surface area contributed by atoms with E-state index in [1.54, 1.807) is 0 Å². The highest BCUT2D eigenvalue weighted by Gasteiger charge is 2.41. The van der Waals surface area contributed by atoms with Crippen LogP contribution in [0.3, 0.4) is 0 Å². The highest BCUT2D eigenvalue weighted by atomic mass is 19.1. The first kappa shape index (κ1) is 18.6. The van der Waals surface area contributed by atoms with Crippen LogP contribution < -0.4 is 0 Å². The Kier molecular flexibility index (Phi) is 4.91. The summed E-state index contributed by atoms with van der Waals surface area (Å²) >= 11 is 0. The van der Waals surface area contributed by atoms with E-state index < -0.39 is 12.3 Å². The minimum Gasteiger partial charge on any atom is -0.446 e. The summed E-state index contributed by atoms with van der Waals surface area (Å²) in [5.41, 5.74) is 0.859. The van der Waals surface area contributed by atoms with E-state index in [0.29, 0.717) is 18.2 Å². The lowest BCUT2D eigenvalue weighted by Crippen LogP contribution is -2.52. The van der Waals surface area contributed by atoms with Gasteiger partial charge in [0, 0.05) is 12.1 Å². The lowest BCUT2D eigenvalue weighted by atomic mass is 9.93. The number of hydrogen-bond donors (Lipinski definition) is 1. The van der Waals surface area contributed by atoms with E-state index in [0.717, 1.165) is 30.2 Å². The van der Waals surface area contributed by atoms with E-state index >= 15 is 0 Å². The number of rotatable bonds is 5. The Hall–Kier alpha value is -2.71. The summed E-state index contributed by atoms with van der Waals surface area (Å²) in [7, 11) is 0. The number of alkyl halides is 1. The second-order valence-electron chi connectivity index (χ2n) is 7.56. The number of ether oxygens (including phenoxy) is 1. The van der Waals surface area contributed by atoms with E-state index in [4.69, 9.17) is 4.74 Å². The normalized spacial score (nSPS) is 25.0. The Morgan fingerprint density at radius 3 is 2.89 bits per heavy atom. The van der Waals surface area contributed by atoms with Crippen LogP contribution in [-0.4, -0.2) is 62.8 Å². The molecule has 9 heteroatoms. The Balaban J connectivity index is 1.55. The molecule has 0 aromatic carbocycles. The molecular weight excluding hydrogens is 363 g/mol. The summed E-state index contributed by atoms with van der Waals surface area (Å²) in [6, 6.07) is 1.93. The number of carbonyl (C=O) groups is 1. The first-order valence-corrected chi connectivity index (χ1v) is 9.67. The molecule has 3 atom stereocenters. The number of carbonyl (C=O) groups excluding carboxylic acids is 1. The fraction of sp³-hybridized carbons (Fsp3) is 0.579. The number of nitrogens with one attached hydrogen (secondary N) is 1. The summed E-state index contributed by atoms with van der Waals surface area (Å²) in [5.74, 6) is 2.72. The summed E-state index contributed by atoms with van der Waals surface area (Å²) in [4.78, 5) is 20.7. The monoisotopic (exact) mass is 388 g/mol. The van der Waals surface area contributed by atoms with Crippen molar-refractivity contribution in [1.82, 2.24) is 24.6 Å². The van der Waals surface area contributed by atoms with Crippen molar-refractivity contribution >= 4 is 18.6 Å². The number of nitrogens with zero attached hydrogens (tertiary/aromatic N) is 5. The number of aryl methyl sites for hydroxylation is 1. The highest BCUT2D eigenvalue weighted by molar-refractivity contribution is 5.69. The molecule has 2 aliphatic rings. The maximum absolute atomic E-state index is 13.0. The van der Waals surface area contributed by atoms with Gasteiger partial charge in [0.1, 0.15) is 23.9 Å². The van der Waals surface area contributed by atoms with Crippen LogP contribution in [0.15, 0.2) is 17.3 Å². The average Bonchev–Trinajstić information content (AvgIpc) is 3.35. The van der Waals surface area contributed by atoms with Crippen molar-refractivity contribution in [3.8, 4) is 5.69 Å². The van der Waals surface area contributed by atoms with Gasteiger partial charge in [-0.25, -0.2) is 14.2 Å². The van der Waals surface area contributed by atoms with E-state index in [1.165, 1.54) is 4.90 Å². The van der Waals surface area contributed by atoms with Crippen molar-refractivity contribution in [2.45, 2.75) is 51.3 Å². The molecule has 150 valence electrons. The van der Waals surface area contributed by atoms with Crippen LogP contribution in [-0.2, 0) is 4.74 Å². The Morgan fingerprint density at radius 2 is 2.21 bits per heavy atom. The molecule has 4 rings (SSSR count). The first-order valence-electron chi connectivity index (χ1n) is 9.67. The quantitative estimate of drug-likeness (QED) is 0.796. The summed E-state index contributed by atoms with van der Waals surface area (Å²) in [6.45, 7) is 7.91. The van der Waals surface area contributed by atoms with Crippen molar-refractivity contribution in [3.05, 3.63) is 23.9 Å². The predicted molar refractivity (Wildman–Crippen MR) is 102 cm³/mol. The second kappa shape index (κ2) is 7.37. The molecule has 2 aromatic heterocycles. The van der Waals surface area contributed by atoms with Crippen LogP contribution in [0.4, 0.5) is 15.0 Å². The zero-order valence-corrected chi connectivity index (χ0v) is 16.1. The van der Waals surface area contributed by atoms with Gasteiger partial charge in [0.15, 0.2) is 5.82 Å². The molecule has 1 aliphatic heterocycles. The molecule has 1 aliphatic carbocycles. The molecule has 1 amide bonds. The molecule has 0 bridgehead atoms. The number of amides is 1. The maximum atomic E-state index is 13.0. The SMILES string of the molecule is C=Nc1[nH]ccc1-n1c(C)nnc1[C@H]1C[C@@H](OC(=O)N2CC(F)C2)C[C@H]1CC. The van der Waals surface area contributed by atoms with Crippen molar-refractivity contribution in [1.29, 1.82) is 0 Å². The van der Waals surface area contributed by atoms with E-state index in [-0.39, 0.29) is 25.1 Å². The Bertz CT molecular complexity index is 872. The zero-order chi connectivity index (χ0) is 19.8. The number of aliphatic imine (C=N–C) groups is 1. The smallest absolute Gasteiger partial charge is 0.410 e. The predicted octanol–water partition coefficient (Wildman–Crippen LogP) is 3.30. The highest BCUT2D eigenvalue weighted by Crippen LogP contribution is 2.43. The van der Waals surface area contributed by atoms with Gasteiger partial charge in [0.2, 0.25) is 0 Å².